The van der Waals surface area contributed by atoms with Gasteiger partial charge in [0.25, 0.3) is 0 Å². The fourth-order valence-corrected chi connectivity index (χ4v) is 4.24. The molecule has 2 aromatic rings. The lowest BCUT2D eigenvalue weighted by molar-refractivity contribution is -0.154. The van der Waals surface area contributed by atoms with Gasteiger partial charge >= 0.3 is 5.97 Å². The maximum atomic E-state index is 12.9. The van der Waals surface area contributed by atoms with E-state index in [1.807, 2.05) is 36.4 Å². The molecular formula is C22H22N2O5. The van der Waals surface area contributed by atoms with E-state index < -0.39 is 30.5 Å². The van der Waals surface area contributed by atoms with E-state index in [4.69, 9.17) is 4.74 Å². The minimum absolute atomic E-state index is 0.328. The van der Waals surface area contributed by atoms with Crippen molar-refractivity contribution in [1.82, 2.24) is 9.88 Å². The first kappa shape index (κ1) is 19.1. The number of carbonyl (C=O) groups is 4. The van der Waals surface area contributed by atoms with Gasteiger partial charge in [-0.2, -0.15) is 0 Å². The Labute approximate surface area is 167 Å². The molecule has 1 aromatic carbocycles. The summed E-state index contributed by atoms with van der Waals surface area (Å²) in [5.41, 5.74) is 2.00. The molecule has 7 heteroatoms. The van der Waals surface area contributed by atoms with Gasteiger partial charge in [0.2, 0.25) is 17.6 Å². The van der Waals surface area contributed by atoms with Crippen LogP contribution in [0, 0.1) is 18.8 Å². The number of H-pyrrole nitrogens is 1. The molecule has 1 aliphatic carbocycles. The standard InChI is InChI=1S/C22H22N2O5/c1-12-19(16-9-5-6-10-17(16)23-12)20(26)13(2)29-18(25)11-24-21(27)14-7-3-4-8-15(14)22(24)28/h3-6,9-10,13-15,23H,7-8,11H2,1-2H3/t13-,14-,15-/m0/s1. The molecule has 2 amide bonds. The van der Waals surface area contributed by atoms with Crippen molar-refractivity contribution < 1.29 is 23.9 Å². The van der Waals surface area contributed by atoms with Crippen molar-refractivity contribution in [3.8, 4) is 0 Å². The average Bonchev–Trinajstić information content (AvgIpc) is 3.16. The third-order valence-corrected chi connectivity index (χ3v) is 5.70. The molecule has 0 bridgehead atoms. The summed E-state index contributed by atoms with van der Waals surface area (Å²) in [6.07, 6.45) is 3.76. The number of imide groups is 1. The van der Waals surface area contributed by atoms with Gasteiger partial charge in [0.1, 0.15) is 6.54 Å². The number of aryl methyl sites for hydroxylation is 1. The predicted molar refractivity (Wildman–Crippen MR) is 105 cm³/mol. The number of ether oxygens (including phenoxy) is 1. The zero-order valence-corrected chi connectivity index (χ0v) is 16.3. The van der Waals surface area contributed by atoms with Crippen molar-refractivity contribution in [2.45, 2.75) is 32.8 Å². The lowest BCUT2D eigenvalue weighted by Gasteiger charge is -2.17. The molecule has 3 atom stereocenters. The predicted octanol–water partition coefficient (Wildman–Crippen LogP) is 2.54. The Morgan fingerprint density at radius 3 is 2.41 bits per heavy atom. The van der Waals surface area contributed by atoms with Crippen molar-refractivity contribution in [1.29, 1.82) is 0 Å². The largest absolute Gasteiger partial charge is 0.453 e. The zero-order chi connectivity index (χ0) is 20.7. The number of hydrogen-bond donors (Lipinski definition) is 1. The van der Waals surface area contributed by atoms with Gasteiger partial charge in [-0.3, -0.25) is 24.1 Å². The molecular weight excluding hydrogens is 372 g/mol. The van der Waals surface area contributed by atoms with E-state index in [9.17, 15) is 19.2 Å². The number of esters is 1. The molecule has 2 aliphatic rings. The Hall–Kier alpha value is -3.22. The number of Topliss-reactive ketones (excluding diaryl/α,β-unsaturated/α-hetero) is 1. The van der Waals surface area contributed by atoms with E-state index in [1.165, 1.54) is 6.92 Å². The zero-order valence-electron chi connectivity index (χ0n) is 16.3. The number of amides is 2. The molecule has 7 nitrogen and oxygen atoms in total. The highest BCUT2D eigenvalue weighted by atomic mass is 16.5. The molecule has 2 heterocycles. The van der Waals surface area contributed by atoms with Crippen LogP contribution >= 0.6 is 0 Å². The Balaban J connectivity index is 1.44. The maximum Gasteiger partial charge on any atom is 0.326 e. The lowest BCUT2D eigenvalue weighted by atomic mass is 9.85. The van der Waals surface area contributed by atoms with Gasteiger partial charge in [0.05, 0.1) is 11.8 Å². The summed E-state index contributed by atoms with van der Waals surface area (Å²) in [6.45, 7) is 2.83. The molecule has 1 saturated heterocycles. The molecule has 0 spiro atoms. The van der Waals surface area contributed by atoms with Gasteiger partial charge in [0, 0.05) is 22.2 Å². The third-order valence-electron chi connectivity index (χ3n) is 5.70. The Morgan fingerprint density at radius 1 is 1.14 bits per heavy atom. The number of nitrogens with zero attached hydrogens (tertiary/aromatic N) is 1. The molecule has 1 fully saturated rings. The topological polar surface area (TPSA) is 96.5 Å². The van der Waals surface area contributed by atoms with Gasteiger partial charge in [0.15, 0.2) is 6.10 Å². The highest BCUT2D eigenvalue weighted by Gasteiger charge is 2.48. The van der Waals surface area contributed by atoms with Gasteiger partial charge in [-0.1, -0.05) is 30.4 Å². The van der Waals surface area contributed by atoms with E-state index >= 15 is 0 Å². The number of para-hydroxylation sites is 1. The Morgan fingerprint density at radius 2 is 1.76 bits per heavy atom. The molecule has 1 aromatic heterocycles. The second-order valence-corrected chi connectivity index (χ2v) is 7.59. The Bertz CT molecular complexity index is 1020. The molecule has 29 heavy (non-hydrogen) atoms. The van der Waals surface area contributed by atoms with Crippen molar-refractivity contribution >= 4 is 34.5 Å². The smallest absolute Gasteiger partial charge is 0.326 e. The lowest BCUT2D eigenvalue weighted by Crippen LogP contribution is -2.38. The first-order valence-electron chi connectivity index (χ1n) is 9.69. The Kier molecular flexibility index (Phi) is 4.82. The SMILES string of the molecule is Cc1[nH]c2ccccc2c1C(=O)[C@H](C)OC(=O)CN1C(=O)[C@H]2CC=CC[C@@H]2C1=O. The molecule has 1 N–H and O–H groups in total. The second-order valence-electron chi connectivity index (χ2n) is 7.59. The summed E-state index contributed by atoms with van der Waals surface area (Å²) in [5.74, 6) is -2.57. The number of aromatic nitrogens is 1. The van der Waals surface area contributed by atoms with Crippen molar-refractivity contribution in [3.63, 3.8) is 0 Å². The molecule has 4 rings (SSSR count). The molecule has 0 radical (unpaired) electrons. The number of fused-ring (bicyclic) bond motifs is 2. The quantitative estimate of drug-likeness (QED) is 0.364. The number of rotatable bonds is 5. The van der Waals surface area contributed by atoms with Crippen LogP contribution in [0.15, 0.2) is 36.4 Å². The van der Waals surface area contributed by atoms with Crippen LogP contribution in [-0.2, 0) is 19.1 Å². The number of nitrogens with one attached hydrogen (secondary N) is 1. The van der Waals surface area contributed by atoms with Gasteiger partial charge < -0.3 is 9.72 Å². The van der Waals surface area contributed by atoms with E-state index in [0.717, 1.165) is 15.8 Å². The summed E-state index contributed by atoms with van der Waals surface area (Å²) >= 11 is 0. The summed E-state index contributed by atoms with van der Waals surface area (Å²) < 4.78 is 5.29. The van der Waals surface area contributed by atoms with Crippen molar-refractivity contribution in [2.75, 3.05) is 6.54 Å². The number of carbonyl (C=O) groups excluding carboxylic acids is 4. The monoisotopic (exact) mass is 394 g/mol. The van der Waals surface area contributed by atoms with Crippen LogP contribution in [0.2, 0.25) is 0 Å². The normalized spacial score (nSPS) is 22.1. The molecule has 150 valence electrons. The van der Waals surface area contributed by atoms with Crippen molar-refractivity contribution in [3.05, 3.63) is 47.7 Å². The highest BCUT2D eigenvalue weighted by Crippen LogP contribution is 2.35. The fourth-order valence-electron chi connectivity index (χ4n) is 4.24. The maximum absolute atomic E-state index is 12.9. The van der Waals surface area contributed by atoms with Crippen LogP contribution in [0.5, 0.6) is 0 Å². The summed E-state index contributed by atoms with van der Waals surface area (Å²) in [5, 5.41) is 0.763. The average molecular weight is 394 g/mol. The van der Waals surface area contributed by atoms with Crippen molar-refractivity contribution in [2.24, 2.45) is 11.8 Å². The number of ketones is 1. The first-order valence-corrected chi connectivity index (χ1v) is 9.69. The minimum atomic E-state index is -1.03. The first-order chi connectivity index (χ1) is 13.9. The molecule has 0 unspecified atom stereocenters. The second kappa shape index (κ2) is 7.31. The van der Waals surface area contributed by atoms with E-state index in [2.05, 4.69) is 4.98 Å². The van der Waals surface area contributed by atoms with Crippen LogP contribution in [0.4, 0.5) is 0 Å². The number of allylic oxidation sites excluding steroid dienone is 2. The van der Waals surface area contributed by atoms with Crippen LogP contribution in [0.25, 0.3) is 10.9 Å². The van der Waals surface area contributed by atoms with E-state index in [0.29, 0.717) is 24.1 Å². The number of hydrogen-bond acceptors (Lipinski definition) is 5. The molecule has 0 saturated carbocycles. The van der Waals surface area contributed by atoms with Gasteiger partial charge in [-0.05, 0) is 32.8 Å². The van der Waals surface area contributed by atoms with E-state index in [-0.39, 0.29) is 17.6 Å². The van der Waals surface area contributed by atoms with Crippen LogP contribution in [0.3, 0.4) is 0 Å². The summed E-state index contributed by atoms with van der Waals surface area (Å²) in [7, 11) is 0. The van der Waals surface area contributed by atoms with E-state index in [1.54, 1.807) is 6.92 Å². The number of benzene rings is 1. The van der Waals surface area contributed by atoms with Crippen LogP contribution < -0.4 is 0 Å². The van der Waals surface area contributed by atoms with Crippen LogP contribution in [0.1, 0.15) is 35.8 Å². The summed E-state index contributed by atoms with van der Waals surface area (Å²) in [6, 6.07) is 7.40. The fraction of sp³-hybridized carbons (Fsp3) is 0.364. The number of aromatic amines is 1. The van der Waals surface area contributed by atoms with Gasteiger partial charge in [-0.25, -0.2) is 0 Å². The third kappa shape index (κ3) is 3.26. The minimum Gasteiger partial charge on any atom is -0.453 e. The number of likely N-dealkylation sites (tertiary alicyclic amines) is 1. The highest BCUT2D eigenvalue weighted by molar-refractivity contribution is 6.12. The molecule has 1 aliphatic heterocycles. The van der Waals surface area contributed by atoms with Gasteiger partial charge in [-0.15, -0.1) is 0 Å². The van der Waals surface area contributed by atoms with Crippen LogP contribution in [-0.4, -0.2) is 46.1 Å². The summed E-state index contributed by atoms with van der Waals surface area (Å²) in [4.78, 5) is 54.4.